The van der Waals surface area contributed by atoms with Gasteiger partial charge in [0.1, 0.15) is 5.82 Å². The van der Waals surface area contributed by atoms with Crippen LogP contribution in [0.25, 0.3) is 11.4 Å². The Morgan fingerprint density at radius 2 is 2.20 bits per heavy atom. The minimum atomic E-state index is -0.443. The average molecular weight is 346 g/mol. The van der Waals surface area contributed by atoms with Gasteiger partial charge >= 0.3 is 0 Å². The summed E-state index contributed by atoms with van der Waals surface area (Å²) in [6, 6.07) is 5.51. The van der Waals surface area contributed by atoms with Gasteiger partial charge in [0.25, 0.3) is 0 Å². The monoisotopic (exact) mass is 346 g/mol. The molecule has 1 aliphatic rings. The van der Waals surface area contributed by atoms with Gasteiger partial charge in [0.2, 0.25) is 17.6 Å². The molecule has 134 valence electrons. The molecular formula is C18H23FN4O2. The smallest absolute Gasteiger partial charge is 0.239 e. The fourth-order valence-corrected chi connectivity index (χ4v) is 3.17. The lowest BCUT2D eigenvalue weighted by Gasteiger charge is -2.32. The van der Waals surface area contributed by atoms with Crippen LogP contribution in [0.3, 0.4) is 0 Å². The van der Waals surface area contributed by atoms with E-state index in [0.717, 1.165) is 19.3 Å². The van der Waals surface area contributed by atoms with Crippen LogP contribution in [0.2, 0.25) is 0 Å². The normalized spacial score (nSPS) is 19.0. The number of nitrogens with zero attached hydrogens (tertiary/aromatic N) is 3. The fraction of sp³-hybridized carbons (Fsp3) is 0.500. The number of carbonyl (C=O) groups is 1. The van der Waals surface area contributed by atoms with Crippen LogP contribution in [0, 0.1) is 5.82 Å². The molecule has 2 N–H and O–H groups in total. The summed E-state index contributed by atoms with van der Waals surface area (Å²) in [4.78, 5) is 18.7. The summed E-state index contributed by atoms with van der Waals surface area (Å²) in [7, 11) is 0. The second-order valence-corrected chi connectivity index (χ2v) is 6.48. The zero-order valence-electron chi connectivity index (χ0n) is 14.3. The number of likely N-dealkylation sites (tertiary alicyclic amines) is 1. The van der Waals surface area contributed by atoms with E-state index in [1.807, 2.05) is 6.92 Å². The Morgan fingerprint density at radius 1 is 1.44 bits per heavy atom. The molecule has 1 aromatic carbocycles. The summed E-state index contributed by atoms with van der Waals surface area (Å²) in [5.74, 6) is 0.636. The first-order chi connectivity index (χ1) is 12.1. The van der Waals surface area contributed by atoms with Crippen LogP contribution < -0.4 is 5.73 Å². The van der Waals surface area contributed by atoms with Gasteiger partial charge in [-0.25, -0.2) is 4.39 Å². The van der Waals surface area contributed by atoms with Gasteiger partial charge in [-0.05, 0) is 43.5 Å². The standard InChI is InChI=1S/C18H23FN4O2/c1-2-4-15(20)18(24)23-10-3-5-13(11-23)17-21-16(22-25-17)12-6-8-14(19)9-7-12/h6-9,13,15H,2-5,10-11,20H2,1H3. The number of rotatable bonds is 5. The van der Waals surface area contributed by atoms with Crippen molar-refractivity contribution in [1.82, 2.24) is 15.0 Å². The molecule has 1 aliphatic heterocycles. The Morgan fingerprint density at radius 3 is 2.92 bits per heavy atom. The van der Waals surface area contributed by atoms with Gasteiger partial charge in [0.15, 0.2) is 0 Å². The molecule has 1 amide bonds. The van der Waals surface area contributed by atoms with Crippen molar-refractivity contribution in [2.45, 2.75) is 44.6 Å². The van der Waals surface area contributed by atoms with E-state index >= 15 is 0 Å². The van der Waals surface area contributed by atoms with Crippen LogP contribution >= 0.6 is 0 Å². The van der Waals surface area contributed by atoms with Crippen molar-refractivity contribution in [1.29, 1.82) is 0 Å². The molecule has 6 nitrogen and oxygen atoms in total. The van der Waals surface area contributed by atoms with Crippen LogP contribution in [0.5, 0.6) is 0 Å². The summed E-state index contributed by atoms with van der Waals surface area (Å²) < 4.78 is 18.4. The topological polar surface area (TPSA) is 85.3 Å². The number of halogens is 1. The fourth-order valence-electron chi connectivity index (χ4n) is 3.17. The van der Waals surface area contributed by atoms with Gasteiger partial charge in [-0.2, -0.15) is 4.98 Å². The SMILES string of the molecule is CCCC(N)C(=O)N1CCCC(c2nc(-c3ccc(F)cc3)no2)C1. The number of aromatic nitrogens is 2. The molecule has 1 aromatic heterocycles. The average Bonchev–Trinajstić information content (AvgIpc) is 3.12. The van der Waals surface area contributed by atoms with E-state index in [4.69, 9.17) is 10.3 Å². The third kappa shape index (κ3) is 4.04. The van der Waals surface area contributed by atoms with E-state index in [1.165, 1.54) is 12.1 Å². The van der Waals surface area contributed by atoms with Gasteiger partial charge in [-0.1, -0.05) is 18.5 Å². The molecule has 0 bridgehead atoms. The molecule has 2 unspecified atom stereocenters. The van der Waals surface area contributed by atoms with Crippen molar-refractivity contribution in [3.8, 4) is 11.4 Å². The van der Waals surface area contributed by atoms with E-state index in [9.17, 15) is 9.18 Å². The molecule has 0 spiro atoms. The highest BCUT2D eigenvalue weighted by atomic mass is 19.1. The molecule has 2 heterocycles. The lowest BCUT2D eigenvalue weighted by atomic mass is 9.97. The zero-order chi connectivity index (χ0) is 17.8. The van der Waals surface area contributed by atoms with E-state index in [0.29, 0.717) is 36.8 Å². The van der Waals surface area contributed by atoms with Gasteiger partial charge in [-0.15, -0.1) is 0 Å². The van der Waals surface area contributed by atoms with Crippen molar-refractivity contribution >= 4 is 5.91 Å². The third-order valence-electron chi connectivity index (χ3n) is 4.54. The maximum Gasteiger partial charge on any atom is 0.239 e. The Hall–Kier alpha value is -2.28. The van der Waals surface area contributed by atoms with Crippen molar-refractivity contribution in [3.05, 3.63) is 36.0 Å². The lowest BCUT2D eigenvalue weighted by molar-refractivity contribution is -0.134. The first-order valence-electron chi connectivity index (χ1n) is 8.72. The second-order valence-electron chi connectivity index (χ2n) is 6.48. The number of hydrogen-bond acceptors (Lipinski definition) is 5. The van der Waals surface area contributed by atoms with E-state index in [1.54, 1.807) is 17.0 Å². The highest BCUT2D eigenvalue weighted by Crippen LogP contribution is 2.28. The zero-order valence-corrected chi connectivity index (χ0v) is 14.3. The molecule has 2 atom stereocenters. The van der Waals surface area contributed by atoms with Gasteiger partial charge in [-0.3, -0.25) is 4.79 Å². The molecule has 1 saturated heterocycles. The summed E-state index contributed by atoms with van der Waals surface area (Å²) in [5, 5.41) is 3.99. The molecule has 7 heteroatoms. The molecule has 3 rings (SSSR count). The highest BCUT2D eigenvalue weighted by molar-refractivity contribution is 5.81. The molecule has 0 aliphatic carbocycles. The summed E-state index contributed by atoms with van der Waals surface area (Å²) in [5.41, 5.74) is 6.66. The summed E-state index contributed by atoms with van der Waals surface area (Å²) >= 11 is 0. The predicted molar refractivity (Wildman–Crippen MR) is 91.1 cm³/mol. The number of benzene rings is 1. The van der Waals surface area contributed by atoms with Crippen molar-refractivity contribution in [3.63, 3.8) is 0 Å². The van der Waals surface area contributed by atoms with Crippen LogP contribution in [0.15, 0.2) is 28.8 Å². The second kappa shape index (κ2) is 7.74. The molecule has 1 fully saturated rings. The van der Waals surface area contributed by atoms with Gasteiger partial charge < -0.3 is 15.2 Å². The van der Waals surface area contributed by atoms with Gasteiger partial charge in [0, 0.05) is 18.7 Å². The Bertz CT molecular complexity index is 716. The molecule has 25 heavy (non-hydrogen) atoms. The number of hydrogen-bond donors (Lipinski definition) is 1. The molecule has 0 saturated carbocycles. The maximum atomic E-state index is 13.0. The molecule has 2 aromatic rings. The van der Waals surface area contributed by atoms with Crippen molar-refractivity contribution < 1.29 is 13.7 Å². The quantitative estimate of drug-likeness (QED) is 0.900. The first-order valence-corrected chi connectivity index (χ1v) is 8.72. The maximum absolute atomic E-state index is 13.0. The summed E-state index contributed by atoms with van der Waals surface area (Å²) in [6.07, 6.45) is 3.34. The minimum absolute atomic E-state index is 0.00762. The van der Waals surface area contributed by atoms with Crippen molar-refractivity contribution in [2.24, 2.45) is 5.73 Å². The third-order valence-corrected chi connectivity index (χ3v) is 4.54. The minimum Gasteiger partial charge on any atom is -0.341 e. The Kier molecular flexibility index (Phi) is 5.43. The Labute approximate surface area is 146 Å². The van der Waals surface area contributed by atoms with Crippen LogP contribution in [-0.4, -0.2) is 40.1 Å². The molecular weight excluding hydrogens is 323 g/mol. The lowest BCUT2D eigenvalue weighted by Crippen LogP contribution is -2.47. The van der Waals surface area contributed by atoms with Crippen LogP contribution in [0.1, 0.15) is 44.4 Å². The van der Waals surface area contributed by atoms with Crippen molar-refractivity contribution in [2.75, 3.05) is 13.1 Å². The number of piperidine rings is 1. The predicted octanol–water partition coefficient (Wildman–Crippen LogP) is 2.71. The number of amides is 1. The largest absolute Gasteiger partial charge is 0.341 e. The Balaban J connectivity index is 1.70. The molecule has 0 radical (unpaired) electrons. The van der Waals surface area contributed by atoms with Crippen LogP contribution in [-0.2, 0) is 4.79 Å². The summed E-state index contributed by atoms with van der Waals surface area (Å²) in [6.45, 7) is 3.27. The van der Waals surface area contributed by atoms with E-state index in [2.05, 4.69) is 10.1 Å². The van der Waals surface area contributed by atoms with E-state index in [-0.39, 0.29) is 17.6 Å². The van der Waals surface area contributed by atoms with Gasteiger partial charge in [0.05, 0.1) is 12.0 Å². The highest BCUT2D eigenvalue weighted by Gasteiger charge is 2.30. The van der Waals surface area contributed by atoms with E-state index < -0.39 is 6.04 Å². The first kappa shape index (κ1) is 17.5. The van der Waals surface area contributed by atoms with Crippen LogP contribution in [0.4, 0.5) is 4.39 Å². The number of carbonyl (C=O) groups excluding carboxylic acids is 1. The number of nitrogens with two attached hydrogens (primary N) is 1.